The number of rotatable bonds is 5. The Morgan fingerprint density at radius 3 is 2.58 bits per heavy atom. The predicted octanol–water partition coefficient (Wildman–Crippen LogP) is 3.37. The highest BCUT2D eigenvalue weighted by atomic mass is 32.1. The van der Waals surface area contributed by atoms with Gasteiger partial charge in [0.2, 0.25) is 0 Å². The third kappa shape index (κ3) is 3.28. The molecule has 3 rings (SSSR count). The van der Waals surface area contributed by atoms with Crippen LogP contribution in [0.2, 0.25) is 0 Å². The molecule has 1 amide bonds. The highest BCUT2D eigenvalue weighted by Crippen LogP contribution is 2.31. The number of nitro benzene ring substituents is 2. The van der Waals surface area contributed by atoms with Gasteiger partial charge in [-0.1, -0.05) is 11.3 Å². The van der Waals surface area contributed by atoms with E-state index >= 15 is 0 Å². The van der Waals surface area contributed by atoms with E-state index in [1.807, 2.05) is 0 Å². The largest absolute Gasteiger partial charge is 0.490 e. The van der Waals surface area contributed by atoms with Gasteiger partial charge in [0.05, 0.1) is 27.2 Å². The Hall–Kier alpha value is -3.60. The van der Waals surface area contributed by atoms with Crippen LogP contribution in [0.15, 0.2) is 36.4 Å². The van der Waals surface area contributed by atoms with E-state index < -0.39 is 15.8 Å². The number of nitrogens with zero attached hydrogens (tertiary/aromatic N) is 3. The normalized spacial score (nSPS) is 10.5. The van der Waals surface area contributed by atoms with Crippen molar-refractivity contribution in [1.29, 1.82) is 0 Å². The van der Waals surface area contributed by atoms with Crippen molar-refractivity contribution in [2.75, 3.05) is 12.4 Å². The minimum Gasteiger partial charge on any atom is -0.490 e. The molecule has 0 fully saturated rings. The van der Waals surface area contributed by atoms with Crippen LogP contribution in [0.1, 0.15) is 10.4 Å². The Balaban J connectivity index is 1.88. The Morgan fingerprint density at radius 2 is 1.92 bits per heavy atom. The maximum atomic E-state index is 12.3. The molecule has 1 N–H and O–H groups in total. The topological polar surface area (TPSA) is 138 Å². The summed E-state index contributed by atoms with van der Waals surface area (Å²) in [4.78, 5) is 37.2. The van der Waals surface area contributed by atoms with Crippen LogP contribution in [-0.4, -0.2) is 27.8 Å². The molecular formula is C15H10N4O6S. The maximum absolute atomic E-state index is 12.3. The number of thiazole rings is 1. The van der Waals surface area contributed by atoms with E-state index in [1.165, 1.54) is 37.4 Å². The molecule has 0 unspecified atom stereocenters. The summed E-state index contributed by atoms with van der Waals surface area (Å²) < 4.78 is 5.43. The van der Waals surface area contributed by atoms with Crippen molar-refractivity contribution >= 4 is 44.0 Å². The van der Waals surface area contributed by atoms with Crippen LogP contribution in [0.4, 0.5) is 16.5 Å². The number of ether oxygens (including phenoxy) is 1. The standard InChI is InChI=1S/C15H10N4O6S/c1-25-12-5-2-8(6-11(12)19(23)24)14(20)17-15-16-10-4-3-9(18(21)22)7-13(10)26-15/h2-7H,1H3,(H,16,17,20). The van der Waals surface area contributed by atoms with E-state index in [0.717, 1.165) is 17.4 Å². The van der Waals surface area contributed by atoms with Crippen LogP contribution >= 0.6 is 11.3 Å². The van der Waals surface area contributed by atoms with E-state index in [4.69, 9.17) is 4.74 Å². The second kappa shape index (κ2) is 6.72. The fourth-order valence-electron chi connectivity index (χ4n) is 2.22. The van der Waals surface area contributed by atoms with Gasteiger partial charge >= 0.3 is 5.69 Å². The average molecular weight is 374 g/mol. The van der Waals surface area contributed by atoms with Crippen molar-refractivity contribution < 1.29 is 19.4 Å². The molecule has 3 aromatic rings. The third-order valence-corrected chi connectivity index (χ3v) is 4.37. The number of non-ortho nitro benzene ring substituents is 1. The maximum Gasteiger partial charge on any atom is 0.311 e. The summed E-state index contributed by atoms with van der Waals surface area (Å²) in [6.45, 7) is 0. The summed E-state index contributed by atoms with van der Waals surface area (Å²) in [6.07, 6.45) is 0. The smallest absolute Gasteiger partial charge is 0.311 e. The van der Waals surface area contributed by atoms with Gasteiger partial charge in [-0.3, -0.25) is 30.3 Å². The lowest BCUT2D eigenvalue weighted by molar-refractivity contribution is -0.385. The molecule has 10 nitrogen and oxygen atoms in total. The Labute approximate surface area is 149 Å². The predicted molar refractivity (Wildman–Crippen MR) is 93.9 cm³/mol. The second-order valence-electron chi connectivity index (χ2n) is 5.03. The first-order valence-corrected chi connectivity index (χ1v) is 7.89. The van der Waals surface area contributed by atoms with Gasteiger partial charge in [-0.25, -0.2) is 4.98 Å². The lowest BCUT2D eigenvalue weighted by Gasteiger charge is -2.04. The summed E-state index contributed by atoms with van der Waals surface area (Å²) in [7, 11) is 1.29. The first-order chi connectivity index (χ1) is 12.4. The van der Waals surface area contributed by atoms with Gasteiger partial charge in [0.1, 0.15) is 0 Å². The number of hydrogen-bond acceptors (Lipinski definition) is 8. The van der Waals surface area contributed by atoms with Crippen LogP contribution in [-0.2, 0) is 0 Å². The molecule has 0 spiro atoms. The van der Waals surface area contributed by atoms with E-state index in [-0.39, 0.29) is 27.8 Å². The molecule has 1 aromatic heterocycles. The number of nitrogens with one attached hydrogen (secondary N) is 1. The Kier molecular flexibility index (Phi) is 4.45. The zero-order valence-corrected chi connectivity index (χ0v) is 14.0. The molecule has 0 saturated carbocycles. The van der Waals surface area contributed by atoms with Gasteiger partial charge in [0, 0.05) is 23.8 Å². The van der Waals surface area contributed by atoms with Crippen molar-refractivity contribution in [2.24, 2.45) is 0 Å². The number of hydrogen-bond donors (Lipinski definition) is 1. The highest BCUT2D eigenvalue weighted by molar-refractivity contribution is 7.22. The minimum absolute atomic E-state index is 0.0406. The first-order valence-electron chi connectivity index (χ1n) is 7.08. The number of carbonyl (C=O) groups excluding carboxylic acids is 1. The van der Waals surface area contributed by atoms with Crippen LogP contribution < -0.4 is 10.1 Å². The van der Waals surface area contributed by atoms with E-state index in [2.05, 4.69) is 10.3 Å². The molecule has 0 saturated heterocycles. The average Bonchev–Trinajstić information content (AvgIpc) is 3.02. The number of fused-ring (bicyclic) bond motifs is 1. The van der Waals surface area contributed by atoms with Crippen LogP contribution in [0.3, 0.4) is 0 Å². The Bertz CT molecular complexity index is 1050. The SMILES string of the molecule is COc1ccc(C(=O)Nc2nc3ccc([N+](=O)[O-])cc3s2)cc1[N+](=O)[O-]. The number of carbonyl (C=O) groups is 1. The molecule has 0 aliphatic carbocycles. The number of benzene rings is 2. The van der Waals surface area contributed by atoms with Crippen LogP contribution in [0.5, 0.6) is 5.75 Å². The lowest BCUT2D eigenvalue weighted by Crippen LogP contribution is -2.12. The molecule has 0 aliphatic heterocycles. The van der Waals surface area contributed by atoms with Crippen molar-refractivity contribution in [2.45, 2.75) is 0 Å². The summed E-state index contributed by atoms with van der Waals surface area (Å²) >= 11 is 1.06. The number of anilines is 1. The monoisotopic (exact) mass is 374 g/mol. The van der Waals surface area contributed by atoms with Crippen molar-refractivity contribution in [1.82, 2.24) is 4.98 Å². The quantitative estimate of drug-likeness (QED) is 0.533. The zero-order valence-electron chi connectivity index (χ0n) is 13.2. The molecular weight excluding hydrogens is 364 g/mol. The summed E-state index contributed by atoms with van der Waals surface area (Å²) in [5, 5.41) is 24.6. The van der Waals surface area contributed by atoms with Gasteiger partial charge in [0.25, 0.3) is 11.6 Å². The molecule has 2 aromatic carbocycles. The number of methoxy groups -OCH3 is 1. The fourth-order valence-corrected chi connectivity index (χ4v) is 3.12. The second-order valence-corrected chi connectivity index (χ2v) is 6.06. The zero-order chi connectivity index (χ0) is 18.8. The van der Waals surface area contributed by atoms with Crippen molar-refractivity contribution in [3.63, 3.8) is 0 Å². The molecule has 0 aliphatic rings. The van der Waals surface area contributed by atoms with E-state index in [0.29, 0.717) is 10.2 Å². The molecule has 11 heteroatoms. The minimum atomic E-state index is -0.646. The van der Waals surface area contributed by atoms with Gasteiger partial charge in [-0.05, 0) is 18.2 Å². The van der Waals surface area contributed by atoms with Crippen molar-refractivity contribution in [3.8, 4) is 5.75 Å². The summed E-state index contributed by atoms with van der Waals surface area (Å²) in [5.74, 6) is -0.553. The van der Waals surface area contributed by atoms with Crippen LogP contribution in [0.25, 0.3) is 10.2 Å². The third-order valence-electron chi connectivity index (χ3n) is 3.44. The van der Waals surface area contributed by atoms with Gasteiger partial charge in [0.15, 0.2) is 10.9 Å². The number of nitro groups is 2. The molecule has 26 heavy (non-hydrogen) atoms. The highest BCUT2D eigenvalue weighted by Gasteiger charge is 2.19. The lowest BCUT2D eigenvalue weighted by atomic mass is 10.2. The molecule has 0 atom stereocenters. The summed E-state index contributed by atoms with van der Waals surface area (Å²) in [5.41, 5.74) is 0.143. The summed E-state index contributed by atoms with van der Waals surface area (Å²) in [6, 6.07) is 7.99. The molecule has 0 radical (unpaired) electrons. The molecule has 1 heterocycles. The molecule has 132 valence electrons. The van der Waals surface area contributed by atoms with Crippen molar-refractivity contribution in [3.05, 3.63) is 62.2 Å². The fraction of sp³-hybridized carbons (Fsp3) is 0.0667. The first kappa shape index (κ1) is 17.2. The van der Waals surface area contributed by atoms with Crippen LogP contribution in [0, 0.1) is 20.2 Å². The van der Waals surface area contributed by atoms with Gasteiger partial charge in [-0.15, -0.1) is 0 Å². The molecule has 0 bridgehead atoms. The number of amides is 1. The Morgan fingerprint density at radius 1 is 1.15 bits per heavy atom. The van der Waals surface area contributed by atoms with Gasteiger partial charge < -0.3 is 4.74 Å². The van der Waals surface area contributed by atoms with Gasteiger partial charge in [-0.2, -0.15) is 0 Å². The number of aromatic nitrogens is 1. The van der Waals surface area contributed by atoms with E-state index in [1.54, 1.807) is 0 Å². The van der Waals surface area contributed by atoms with E-state index in [9.17, 15) is 25.0 Å².